The maximum absolute atomic E-state index is 11.9. The van der Waals surface area contributed by atoms with Gasteiger partial charge in [-0.2, -0.15) is 0 Å². The number of para-hydroxylation sites is 1. The molecular weight excluding hydrogens is 484 g/mol. The molecule has 0 radical (unpaired) electrons. The van der Waals surface area contributed by atoms with Crippen LogP contribution in [0.3, 0.4) is 0 Å². The zero-order chi connectivity index (χ0) is 26.7. The zero-order valence-corrected chi connectivity index (χ0v) is 21.5. The molecule has 0 aliphatic heterocycles. The topological polar surface area (TPSA) is 109 Å². The van der Waals surface area contributed by atoms with E-state index in [1.165, 1.54) is 12.1 Å². The van der Waals surface area contributed by atoms with Gasteiger partial charge in [-0.1, -0.05) is 18.2 Å². The standard InChI is InChI=1S/C29H32N4O5/c1-37-19-8-18-30-28(34)11-6-3-7-20-38-25-16-17-26-27(21-25)32(23-9-4-2-5-10-23)29(31-26)22-12-14-24(15-13-22)33(35)36/h2,4-5,9-10,12-17,21H,3,6-8,11,18-20H2,1H3,(H,30,34). The lowest BCUT2D eigenvalue weighted by Crippen LogP contribution is -2.24. The molecule has 0 spiro atoms. The average Bonchev–Trinajstić information content (AvgIpc) is 3.32. The third kappa shape index (κ3) is 6.95. The van der Waals surface area contributed by atoms with Gasteiger partial charge in [-0.25, -0.2) is 4.98 Å². The van der Waals surface area contributed by atoms with E-state index in [4.69, 9.17) is 14.5 Å². The summed E-state index contributed by atoms with van der Waals surface area (Å²) >= 11 is 0. The number of unbranched alkanes of at least 4 members (excludes halogenated alkanes) is 2. The fourth-order valence-corrected chi connectivity index (χ4v) is 4.20. The first kappa shape index (κ1) is 26.8. The molecule has 1 N–H and O–H groups in total. The van der Waals surface area contributed by atoms with Crippen molar-refractivity contribution in [3.05, 3.63) is 82.9 Å². The lowest BCUT2D eigenvalue weighted by atomic mass is 10.2. The Morgan fingerprint density at radius 3 is 2.50 bits per heavy atom. The molecule has 9 heteroatoms. The molecule has 198 valence electrons. The molecule has 0 unspecified atom stereocenters. The molecule has 4 rings (SSSR count). The van der Waals surface area contributed by atoms with E-state index in [1.54, 1.807) is 19.2 Å². The number of benzene rings is 3. The van der Waals surface area contributed by atoms with E-state index >= 15 is 0 Å². The van der Waals surface area contributed by atoms with Crippen LogP contribution in [0.5, 0.6) is 5.75 Å². The summed E-state index contributed by atoms with van der Waals surface area (Å²) in [5, 5.41) is 14.0. The Morgan fingerprint density at radius 2 is 1.76 bits per heavy atom. The van der Waals surface area contributed by atoms with Crippen molar-refractivity contribution in [3.8, 4) is 22.8 Å². The molecule has 0 aliphatic rings. The number of carbonyl (C=O) groups is 1. The highest BCUT2D eigenvalue weighted by atomic mass is 16.6. The van der Waals surface area contributed by atoms with Gasteiger partial charge in [0.1, 0.15) is 11.6 Å². The third-order valence-corrected chi connectivity index (χ3v) is 6.14. The Kier molecular flexibility index (Phi) is 9.42. The second-order valence-corrected chi connectivity index (χ2v) is 8.92. The Bertz CT molecular complexity index is 1350. The van der Waals surface area contributed by atoms with Gasteiger partial charge in [0, 0.05) is 56.1 Å². The first-order chi connectivity index (χ1) is 18.6. The van der Waals surface area contributed by atoms with Gasteiger partial charge in [0.25, 0.3) is 5.69 Å². The Hall–Kier alpha value is -4.24. The lowest BCUT2D eigenvalue weighted by molar-refractivity contribution is -0.384. The molecule has 9 nitrogen and oxygen atoms in total. The van der Waals surface area contributed by atoms with Crippen LogP contribution in [-0.4, -0.2) is 47.2 Å². The number of rotatable bonds is 14. The molecule has 0 bridgehead atoms. The van der Waals surface area contributed by atoms with Gasteiger partial charge in [-0.05, 0) is 62.1 Å². The van der Waals surface area contributed by atoms with Crippen LogP contribution in [0.4, 0.5) is 5.69 Å². The number of fused-ring (bicyclic) bond motifs is 1. The minimum Gasteiger partial charge on any atom is -0.494 e. The van der Waals surface area contributed by atoms with E-state index < -0.39 is 4.92 Å². The molecule has 0 atom stereocenters. The normalized spacial score (nSPS) is 11.0. The maximum Gasteiger partial charge on any atom is 0.269 e. The molecule has 1 amide bonds. The number of amides is 1. The fraction of sp³-hybridized carbons (Fsp3) is 0.310. The Labute approximate surface area is 221 Å². The third-order valence-electron chi connectivity index (χ3n) is 6.14. The molecule has 4 aromatic rings. The van der Waals surface area contributed by atoms with Crippen molar-refractivity contribution in [1.82, 2.24) is 14.9 Å². The first-order valence-electron chi connectivity index (χ1n) is 12.8. The smallest absolute Gasteiger partial charge is 0.269 e. The van der Waals surface area contributed by atoms with Gasteiger partial charge in [0.2, 0.25) is 5.91 Å². The largest absolute Gasteiger partial charge is 0.494 e. The van der Waals surface area contributed by atoms with Crippen molar-refractivity contribution in [1.29, 1.82) is 0 Å². The minimum absolute atomic E-state index is 0.0366. The summed E-state index contributed by atoms with van der Waals surface area (Å²) in [6.45, 7) is 1.84. The summed E-state index contributed by atoms with van der Waals surface area (Å²) in [7, 11) is 1.65. The number of carbonyl (C=O) groups excluding carboxylic acids is 1. The van der Waals surface area contributed by atoms with Crippen LogP contribution in [-0.2, 0) is 9.53 Å². The monoisotopic (exact) mass is 516 g/mol. The number of imidazole rings is 1. The number of nitrogens with one attached hydrogen (secondary N) is 1. The molecule has 0 fully saturated rings. The van der Waals surface area contributed by atoms with E-state index in [9.17, 15) is 14.9 Å². The van der Waals surface area contributed by atoms with Gasteiger partial charge in [-0.3, -0.25) is 19.5 Å². The molecule has 0 aliphatic carbocycles. The van der Waals surface area contributed by atoms with Gasteiger partial charge in [0.05, 0.1) is 22.6 Å². The number of nitro benzene ring substituents is 1. The van der Waals surface area contributed by atoms with Crippen LogP contribution >= 0.6 is 0 Å². The second-order valence-electron chi connectivity index (χ2n) is 8.92. The number of hydrogen-bond acceptors (Lipinski definition) is 6. The SMILES string of the molecule is COCCCNC(=O)CCCCCOc1ccc2nc(-c3ccc([N+](=O)[O-])cc3)n(-c3ccccc3)c2c1. The van der Waals surface area contributed by atoms with E-state index in [0.29, 0.717) is 32.0 Å². The number of nitrogens with zero attached hydrogens (tertiary/aromatic N) is 3. The summed E-state index contributed by atoms with van der Waals surface area (Å²) < 4.78 is 13.0. The number of non-ortho nitro benzene ring substituents is 1. The summed E-state index contributed by atoms with van der Waals surface area (Å²) in [5.74, 6) is 1.50. The van der Waals surface area contributed by atoms with Crippen molar-refractivity contribution in [3.63, 3.8) is 0 Å². The van der Waals surface area contributed by atoms with Crippen molar-refractivity contribution in [2.75, 3.05) is 26.9 Å². The molecule has 0 saturated heterocycles. The number of aromatic nitrogens is 2. The van der Waals surface area contributed by atoms with Crippen LogP contribution in [0.15, 0.2) is 72.8 Å². The highest BCUT2D eigenvalue weighted by Crippen LogP contribution is 2.31. The Morgan fingerprint density at radius 1 is 0.974 bits per heavy atom. The summed E-state index contributed by atoms with van der Waals surface area (Å²) in [5.41, 5.74) is 3.43. The lowest BCUT2D eigenvalue weighted by Gasteiger charge is -2.11. The zero-order valence-electron chi connectivity index (χ0n) is 21.5. The first-order valence-corrected chi connectivity index (χ1v) is 12.8. The number of ether oxygens (including phenoxy) is 2. The summed E-state index contributed by atoms with van der Waals surface area (Å²) in [6, 6.07) is 22.1. The quantitative estimate of drug-likeness (QED) is 0.131. The van der Waals surface area contributed by atoms with E-state index in [1.807, 2.05) is 53.1 Å². The van der Waals surface area contributed by atoms with Gasteiger partial charge in [-0.15, -0.1) is 0 Å². The number of hydrogen-bond donors (Lipinski definition) is 1. The summed E-state index contributed by atoms with van der Waals surface area (Å²) in [6.07, 6.45) is 3.90. The maximum atomic E-state index is 11.9. The minimum atomic E-state index is -0.410. The molecule has 3 aromatic carbocycles. The number of nitro groups is 1. The van der Waals surface area contributed by atoms with Crippen LogP contribution in [0.25, 0.3) is 28.1 Å². The molecule has 0 saturated carbocycles. The van der Waals surface area contributed by atoms with Crippen molar-refractivity contribution in [2.45, 2.75) is 32.1 Å². The molecular formula is C29H32N4O5. The molecule has 1 aromatic heterocycles. The van der Waals surface area contributed by atoms with Crippen molar-refractivity contribution < 1.29 is 19.2 Å². The second kappa shape index (κ2) is 13.3. The highest BCUT2D eigenvalue weighted by molar-refractivity contribution is 5.84. The van der Waals surface area contributed by atoms with Crippen molar-refractivity contribution >= 4 is 22.6 Å². The van der Waals surface area contributed by atoms with Crippen LogP contribution < -0.4 is 10.1 Å². The Balaban J connectivity index is 1.42. The predicted molar refractivity (Wildman–Crippen MR) is 147 cm³/mol. The van der Waals surface area contributed by atoms with Crippen LogP contribution in [0.2, 0.25) is 0 Å². The predicted octanol–water partition coefficient (Wildman–Crippen LogP) is 5.69. The van der Waals surface area contributed by atoms with Crippen molar-refractivity contribution in [2.24, 2.45) is 0 Å². The van der Waals surface area contributed by atoms with Crippen LogP contribution in [0.1, 0.15) is 32.1 Å². The van der Waals surface area contributed by atoms with E-state index in [0.717, 1.165) is 53.7 Å². The van der Waals surface area contributed by atoms with E-state index in [-0.39, 0.29) is 11.6 Å². The molecule has 1 heterocycles. The van der Waals surface area contributed by atoms with E-state index in [2.05, 4.69) is 5.32 Å². The molecule has 38 heavy (non-hydrogen) atoms. The highest BCUT2D eigenvalue weighted by Gasteiger charge is 2.16. The van der Waals surface area contributed by atoms with Gasteiger partial charge >= 0.3 is 0 Å². The number of methoxy groups -OCH3 is 1. The summed E-state index contributed by atoms with van der Waals surface area (Å²) in [4.78, 5) is 27.4. The van der Waals surface area contributed by atoms with Gasteiger partial charge in [0.15, 0.2) is 0 Å². The fourth-order valence-electron chi connectivity index (χ4n) is 4.20. The van der Waals surface area contributed by atoms with Gasteiger partial charge < -0.3 is 14.8 Å². The average molecular weight is 517 g/mol. The van der Waals surface area contributed by atoms with Crippen LogP contribution in [0, 0.1) is 10.1 Å².